The van der Waals surface area contributed by atoms with Gasteiger partial charge in [0, 0.05) is 6.07 Å². The summed E-state index contributed by atoms with van der Waals surface area (Å²) in [5.74, 6) is -1.41. The molecule has 1 aromatic carbocycles. The van der Waals surface area contributed by atoms with E-state index in [2.05, 4.69) is 0 Å². The van der Waals surface area contributed by atoms with Gasteiger partial charge in [-0.05, 0) is 6.07 Å². The minimum absolute atomic E-state index is 0.0447. The summed E-state index contributed by atoms with van der Waals surface area (Å²) in [6, 6.07) is 2.53. The van der Waals surface area contributed by atoms with E-state index >= 15 is 0 Å². The van der Waals surface area contributed by atoms with Gasteiger partial charge < -0.3 is 14.9 Å². The van der Waals surface area contributed by atoms with E-state index in [1.807, 2.05) is 0 Å². The standard InChI is InChI=1S/C8H7ClO4/c1-13-4-2-5(8(11)12)7(10)6(9)3-4/h2-3,10H,1H3,(H,11,12). The van der Waals surface area contributed by atoms with Gasteiger partial charge in [-0.1, -0.05) is 11.6 Å². The van der Waals surface area contributed by atoms with E-state index < -0.39 is 11.7 Å². The molecule has 0 atom stereocenters. The van der Waals surface area contributed by atoms with Crippen molar-refractivity contribution in [3.63, 3.8) is 0 Å². The van der Waals surface area contributed by atoms with Crippen LogP contribution in [0.2, 0.25) is 5.02 Å². The first kappa shape index (κ1) is 9.67. The molecule has 0 unspecified atom stereocenters. The first-order chi connectivity index (χ1) is 6.06. The molecule has 0 aromatic heterocycles. The number of halogens is 1. The van der Waals surface area contributed by atoms with E-state index in [1.54, 1.807) is 0 Å². The first-order valence-corrected chi connectivity index (χ1v) is 3.74. The summed E-state index contributed by atoms with van der Waals surface area (Å²) in [4.78, 5) is 10.6. The molecule has 0 saturated carbocycles. The van der Waals surface area contributed by atoms with Crippen LogP contribution in [0.3, 0.4) is 0 Å². The lowest BCUT2D eigenvalue weighted by Gasteiger charge is -2.05. The smallest absolute Gasteiger partial charge is 0.339 e. The van der Waals surface area contributed by atoms with Gasteiger partial charge in [0.1, 0.15) is 17.1 Å². The van der Waals surface area contributed by atoms with Gasteiger partial charge in [0.2, 0.25) is 0 Å². The molecule has 4 nitrogen and oxygen atoms in total. The lowest BCUT2D eigenvalue weighted by molar-refractivity contribution is 0.0693. The van der Waals surface area contributed by atoms with E-state index in [4.69, 9.17) is 21.4 Å². The summed E-state index contributed by atoms with van der Waals surface area (Å²) >= 11 is 5.55. The number of ether oxygens (including phenoxy) is 1. The lowest BCUT2D eigenvalue weighted by Crippen LogP contribution is -1.98. The molecule has 0 bridgehead atoms. The second-order valence-electron chi connectivity index (χ2n) is 2.31. The maximum absolute atomic E-state index is 10.6. The van der Waals surface area contributed by atoms with Crippen LogP contribution in [0.1, 0.15) is 10.4 Å². The Labute approximate surface area is 79.3 Å². The third-order valence-corrected chi connectivity index (χ3v) is 1.79. The van der Waals surface area contributed by atoms with Crippen LogP contribution in [0.15, 0.2) is 12.1 Å². The molecule has 0 spiro atoms. The fraction of sp³-hybridized carbons (Fsp3) is 0.125. The quantitative estimate of drug-likeness (QED) is 0.767. The number of rotatable bonds is 2. The molecule has 0 heterocycles. The largest absolute Gasteiger partial charge is 0.505 e. The van der Waals surface area contributed by atoms with Crippen molar-refractivity contribution in [2.75, 3.05) is 7.11 Å². The SMILES string of the molecule is COc1cc(Cl)c(O)c(C(=O)O)c1. The monoisotopic (exact) mass is 202 g/mol. The van der Waals surface area contributed by atoms with Gasteiger partial charge >= 0.3 is 5.97 Å². The van der Waals surface area contributed by atoms with Gasteiger partial charge in [0.05, 0.1) is 12.1 Å². The molecule has 70 valence electrons. The topological polar surface area (TPSA) is 66.8 Å². The zero-order valence-electron chi connectivity index (χ0n) is 6.74. The van der Waals surface area contributed by atoms with Crippen LogP contribution in [0.25, 0.3) is 0 Å². The van der Waals surface area contributed by atoms with Crippen molar-refractivity contribution in [2.45, 2.75) is 0 Å². The van der Waals surface area contributed by atoms with Crippen LogP contribution in [0.5, 0.6) is 11.5 Å². The van der Waals surface area contributed by atoms with E-state index in [9.17, 15) is 9.90 Å². The van der Waals surface area contributed by atoms with Crippen LogP contribution < -0.4 is 4.74 Å². The van der Waals surface area contributed by atoms with Crippen molar-refractivity contribution in [1.82, 2.24) is 0 Å². The molecule has 0 fully saturated rings. The second-order valence-corrected chi connectivity index (χ2v) is 2.72. The number of phenols is 1. The summed E-state index contributed by atoms with van der Waals surface area (Å²) in [5, 5.41) is 17.8. The molecule has 0 aliphatic rings. The molecular formula is C8H7ClO4. The van der Waals surface area contributed by atoms with Gasteiger partial charge in [-0.15, -0.1) is 0 Å². The number of aromatic carboxylic acids is 1. The maximum Gasteiger partial charge on any atom is 0.339 e. The molecule has 0 amide bonds. The molecule has 0 aliphatic heterocycles. The van der Waals surface area contributed by atoms with E-state index in [-0.39, 0.29) is 10.6 Å². The molecule has 0 radical (unpaired) electrons. The highest BCUT2D eigenvalue weighted by molar-refractivity contribution is 6.32. The van der Waals surface area contributed by atoms with E-state index in [0.717, 1.165) is 0 Å². The molecule has 2 N–H and O–H groups in total. The fourth-order valence-electron chi connectivity index (χ4n) is 0.855. The summed E-state index contributed by atoms with van der Waals surface area (Å²) < 4.78 is 4.78. The minimum atomic E-state index is -1.25. The Morgan fingerprint density at radius 1 is 1.54 bits per heavy atom. The highest BCUT2D eigenvalue weighted by atomic mass is 35.5. The Hall–Kier alpha value is -1.42. The van der Waals surface area contributed by atoms with Crippen molar-refractivity contribution in [3.05, 3.63) is 22.7 Å². The number of carboxylic acids is 1. The summed E-state index contributed by atoms with van der Waals surface area (Å²) in [6.45, 7) is 0. The molecule has 13 heavy (non-hydrogen) atoms. The molecular weight excluding hydrogens is 196 g/mol. The second kappa shape index (κ2) is 3.53. The van der Waals surface area contributed by atoms with E-state index in [0.29, 0.717) is 5.75 Å². The first-order valence-electron chi connectivity index (χ1n) is 3.36. The predicted octanol–water partition coefficient (Wildman–Crippen LogP) is 1.75. The number of aromatic hydroxyl groups is 1. The Kier molecular flexibility index (Phi) is 2.63. The maximum atomic E-state index is 10.6. The normalized spacial score (nSPS) is 9.69. The van der Waals surface area contributed by atoms with Crippen LogP contribution >= 0.6 is 11.6 Å². The molecule has 5 heteroatoms. The van der Waals surface area contributed by atoms with Crippen molar-refractivity contribution in [2.24, 2.45) is 0 Å². The zero-order valence-corrected chi connectivity index (χ0v) is 7.50. The van der Waals surface area contributed by atoms with Crippen molar-refractivity contribution in [3.8, 4) is 11.5 Å². The third kappa shape index (κ3) is 1.84. The Morgan fingerprint density at radius 3 is 2.62 bits per heavy atom. The van der Waals surface area contributed by atoms with Crippen molar-refractivity contribution < 1.29 is 19.7 Å². The molecule has 1 aromatic rings. The highest BCUT2D eigenvalue weighted by Crippen LogP contribution is 2.31. The lowest BCUT2D eigenvalue weighted by atomic mass is 10.2. The molecule has 0 saturated heterocycles. The van der Waals surface area contributed by atoms with Crippen LogP contribution in [0.4, 0.5) is 0 Å². The summed E-state index contributed by atoms with van der Waals surface area (Å²) in [5.41, 5.74) is -0.274. The van der Waals surface area contributed by atoms with Gasteiger partial charge in [-0.25, -0.2) is 4.79 Å². The minimum Gasteiger partial charge on any atom is -0.505 e. The number of hydrogen-bond acceptors (Lipinski definition) is 3. The Bertz CT molecular complexity index is 348. The highest BCUT2D eigenvalue weighted by Gasteiger charge is 2.14. The van der Waals surface area contributed by atoms with Gasteiger partial charge in [-0.2, -0.15) is 0 Å². The zero-order chi connectivity index (χ0) is 10.0. The number of carbonyl (C=O) groups is 1. The molecule has 0 aliphatic carbocycles. The fourth-order valence-corrected chi connectivity index (χ4v) is 1.06. The van der Waals surface area contributed by atoms with Gasteiger partial charge in [-0.3, -0.25) is 0 Å². The third-order valence-electron chi connectivity index (χ3n) is 1.50. The average Bonchev–Trinajstić information content (AvgIpc) is 2.09. The number of hydrogen-bond donors (Lipinski definition) is 2. The number of benzene rings is 1. The Balaban J connectivity index is 3.33. The summed E-state index contributed by atoms with van der Waals surface area (Å²) in [7, 11) is 1.38. The molecule has 1 rings (SSSR count). The van der Waals surface area contributed by atoms with Gasteiger partial charge in [0.25, 0.3) is 0 Å². The number of carboxylic acid groups (broad SMARTS) is 1. The summed E-state index contributed by atoms with van der Waals surface area (Å²) in [6.07, 6.45) is 0. The number of methoxy groups -OCH3 is 1. The predicted molar refractivity (Wildman–Crippen MR) is 46.6 cm³/mol. The average molecular weight is 203 g/mol. The van der Waals surface area contributed by atoms with Crippen LogP contribution in [-0.4, -0.2) is 23.3 Å². The van der Waals surface area contributed by atoms with Crippen LogP contribution in [-0.2, 0) is 0 Å². The van der Waals surface area contributed by atoms with Crippen molar-refractivity contribution >= 4 is 17.6 Å². The van der Waals surface area contributed by atoms with Gasteiger partial charge in [0.15, 0.2) is 0 Å². The Morgan fingerprint density at radius 2 is 2.15 bits per heavy atom. The van der Waals surface area contributed by atoms with Crippen molar-refractivity contribution in [1.29, 1.82) is 0 Å². The van der Waals surface area contributed by atoms with E-state index in [1.165, 1.54) is 19.2 Å². The van der Waals surface area contributed by atoms with Crippen LogP contribution in [0, 0.1) is 0 Å².